The van der Waals surface area contributed by atoms with Gasteiger partial charge >= 0.3 is 0 Å². The smallest absolute Gasteiger partial charge is 0.0382 e. The number of hydrogen-bond donors (Lipinski definition) is 1. The maximum Gasteiger partial charge on any atom is 0.0382 e. The molecule has 0 amide bonds. The molecule has 26 heavy (non-hydrogen) atoms. The average molecular weight is 401 g/mol. The van der Waals surface area contributed by atoms with Crippen molar-refractivity contribution in [1.29, 1.82) is 0 Å². The maximum absolute atomic E-state index is 3.54. The van der Waals surface area contributed by atoms with E-state index in [-0.39, 0.29) is 24.8 Å². The molecule has 2 aliphatic rings. The highest BCUT2D eigenvalue weighted by Crippen LogP contribution is 2.42. The second kappa shape index (κ2) is 10.3. The fraction of sp³-hybridized carbons (Fsp3) is 0.727. The summed E-state index contributed by atoms with van der Waals surface area (Å²) in [6.07, 6.45) is 7.12. The van der Waals surface area contributed by atoms with Gasteiger partial charge in [-0.15, -0.1) is 24.8 Å². The number of nitrogens with one attached hydrogen (secondary N) is 1. The molecule has 1 aliphatic carbocycles. The number of hydrogen-bond acceptors (Lipinski definition) is 2. The Labute approximate surface area is 173 Å². The molecule has 1 N–H and O–H groups in total. The van der Waals surface area contributed by atoms with Crippen LogP contribution in [0, 0.1) is 40.5 Å². The Bertz CT molecular complexity index is 541. The van der Waals surface area contributed by atoms with Crippen LogP contribution in [0.25, 0.3) is 0 Å². The summed E-state index contributed by atoms with van der Waals surface area (Å²) < 4.78 is 0. The van der Waals surface area contributed by atoms with E-state index in [2.05, 4.69) is 44.8 Å². The van der Waals surface area contributed by atoms with Crippen LogP contribution in [0.3, 0.4) is 0 Å². The van der Waals surface area contributed by atoms with Crippen molar-refractivity contribution >= 4 is 24.8 Å². The van der Waals surface area contributed by atoms with Gasteiger partial charge in [0.2, 0.25) is 0 Å². The van der Waals surface area contributed by atoms with E-state index >= 15 is 0 Å². The van der Waals surface area contributed by atoms with Gasteiger partial charge in [-0.3, -0.25) is 4.90 Å². The molecule has 0 spiro atoms. The Balaban J connectivity index is 0.00000169. The zero-order valence-electron chi connectivity index (χ0n) is 17.3. The van der Waals surface area contributed by atoms with Crippen molar-refractivity contribution in [2.24, 2.45) is 5.92 Å². The highest BCUT2D eigenvalue weighted by molar-refractivity contribution is 5.85. The topological polar surface area (TPSA) is 15.3 Å². The van der Waals surface area contributed by atoms with Gasteiger partial charge in [0.05, 0.1) is 0 Å². The lowest BCUT2D eigenvalue weighted by Gasteiger charge is -2.43. The lowest BCUT2D eigenvalue weighted by atomic mass is 9.76. The molecule has 0 aromatic heterocycles. The molecule has 150 valence electrons. The van der Waals surface area contributed by atoms with Crippen molar-refractivity contribution < 1.29 is 0 Å². The third kappa shape index (κ3) is 4.58. The Morgan fingerprint density at radius 3 is 1.69 bits per heavy atom. The van der Waals surface area contributed by atoms with Crippen molar-refractivity contribution in [1.82, 2.24) is 10.2 Å². The van der Waals surface area contributed by atoms with E-state index < -0.39 is 0 Å². The molecule has 2 nitrogen and oxygen atoms in total. The standard InChI is InChI=1S/C22H36N2.2ClH/c1-15-16(2)18(4)21(19(5)17(15)3)22(20-9-7-6-8-10-20)24-13-11-23-12-14-24;;/h20,22-23H,6-14H2,1-5H3;2*1H/t22-;;/m1../s1. The Morgan fingerprint density at radius 1 is 0.731 bits per heavy atom. The molecule has 0 radical (unpaired) electrons. The lowest BCUT2D eigenvalue weighted by molar-refractivity contribution is 0.102. The normalized spacial score (nSPS) is 20.2. The van der Waals surface area contributed by atoms with Crippen LogP contribution in [0.4, 0.5) is 0 Å². The molecular formula is C22H38Cl2N2. The summed E-state index contributed by atoms with van der Waals surface area (Å²) in [6.45, 7) is 16.4. The second-order valence-electron chi connectivity index (χ2n) is 8.17. The second-order valence-corrected chi connectivity index (χ2v) is 8.17. The van der Waals surface area contributed by atoms with Crippen LogP contribution in [-0.4, -0.2) is 31.1 Å². The van der Waals surface area contributed by atoms with Crippen LogP contribution in [-0.2, 0) is 0 Å². The first-order valence-corrected chi connectivity index (χ1v) is 10.0. The molecule has 1 saturated carbocycles. The summed E-state index contributed by atoms with van der Waals surface area (Å²) in [5.41, 5.74) is 9.32. The molecule has 0 bridgehead atoms. The van der Waals surface area contributed by atoms with E-state index in [1.54, 1.807) is 16.7 Å². The summed E-state index contributed by atoms with van der Waals surface area (Å²) >= 11 is 0. The van der Waals surface area contributed by atoms with Gasteiger partial charge < -0.3 is 5.32 Å². The van der Waals surface area contributed by atoms with Crippen LogP contribution >= 0.6 is 24.8 Å². The zero-order valence-corrected chi connectivity index (χ0v) is 18.9. The van der Waals surface area contributed by atoms with Gasteiger partial charge in [-0.2, -0.15) is 0 Å². The zero-order chi connectivity index (χ0) is 17.3. The highest BCUT2D eigenvalue weighted by atomic mass is 35.5. The quantitative estimate of drug-likeness (QED) is 0.709. The van der Waals surface area contributed by atoms with Gasteiger partial charge in [0.1, 0.15) is 0 Å². The number of rotatable bonds is 3. The minimum atomic E-state index is 0. The Hall–Kier alpha value is -0.280. The summed E-state index contributed by atoms with van der Waals surface area (Å²) in [7, 11) is 0. The molecule has 4 heteroatoms. The summed E-state index contributed by atoms with van der Waals surface area (Å²) in [5.74, 6) is 0.843. The SMILES string of the molecule is Cc1c(C)c(C)c([C@@H](C2CCCCC2)N2CCNCC2)c(C)c1C.Cl.Cl. The first-order chi connectivity index (χ1) is 11.5. The maximum atomic E-state index is 3.54. The van der Waals surface area contributed by atoms with Gasteiger partial charge in [0.25, 0.3) is 0 Å². The van der Waals surface area contributed by atoms with Gasteiger partial charge in [-0.05, 0) is 86.8 Å². The number of nitrogens with zero attached hydrogens (tertiary/aromatic N) is 1. The first-order valence-electron chi connectivity index (χ1n) is 10.0. The Morgan fingerprint density at radius 2 is 1.19 bits per heavy atom. The number of benzene rings is 1. The van der Waals surface area contributed by atoms with Crippen LogP contribution in [0.2, 0.25) is 0 Å². The molecule has 1 aromatic rings. The number of piperazine rings is 1. The van der Waals surface area contributed by atoms with E-state index in [9.17, 15) is 0 Å². The fourth-order valence-corrected chi connectivity index (χ4v) is 5.10. The van der Waals surface area contributed by atoms with Crippen molar-refractivity contribution in [3.63, 3.8) is 0 Å². The van der Waals surface area contributed by atoms with Gasteiger partial charge in [-0.25, -0.2) is 0 Å². The van der Waals surface area contributed by atoms with E-state index in [1.165, 1.54) is 61.9 Å². The van der Waals surface area contributed by atoms with Crippen LogP contribution in [0.5, 0.6) is 0 Å². The summed E-state index contributed by atoms with van der Waals surface area (Å²) in [6, 6.07) is 0.630. The Kier molecular flexibility index (Phi) is 9.43. The monoisotopic (exact) mass is 400 g/mol. The van der Waals surface area contributed by atoms with Crippen LogP contribution in [0.15, 0.2) is 0 Å². The van der Waals surface area contributed by atoms with Crippen LogP contribution in [0.1, 0.15) is 71.5 Å². The van der Waals surface area contributed by atoms with Crippen molar-refractivity contribution in [2.75, 3.05) is 26.2 Å². The third-order valence-corrected chi connectivity index (χ3v) is 7.00. The molecule has 0 unspecified atom stereocenters. The molecule has 3 rings (SSSR count). The van der Waals surface area contributed by atoms with Crippen molar-refractivity contribution in [3.05, 3.63) is 33.4 Å². The molecule has 2 fully saturated rings. The van der Waals surface area contributed by atoms with Gasteiger partial charge in [0, 0.05) is 32.2 Å². The lowest BCUT2D eigenvalue weighted by Crippen LogP contribution is -2.47. The molecule has 1 aromatic carbocycles. The van der Waals surface area contributed by atoms with Crippen molar-refractivity contribution in [3.8, 4) is 0 Å². The largest absolute Gasteiger partial charge is 0.314 e. The van der Waals surface area contributed by atoms with Gasteiger partial charge in [0.15, 0.2) is 0 Å². The fourth-order valence-electron chi connectivity index (χ4n) is 5.10. The summed E-state index contributed by atoms with van der Waals surface area (Å²) in [4.78, 5) is 2.80. The predicted octanol–water partition coefficient (Wildman–Crippen LogP) is 5.60. The number of halogens is 2. The minimum Gasteiger partial charge on any atom is -0.314 e. The predicted molar refractivity (Wildman–Crippen MR) is 118 cm³/mol. The molecule has 1 heterocycles. The first kappa shape index (κ1) is 23.8. The average Bonchev–Trinajstić information content (AvgIpc) is 2.63. The molecule has 1 aliphatic heterocycles. The van der Waals surface area contributed by atoms with Crippen molar-refractivity contribution in [2.45, 2.75) is 72.8 Å². The third-order valence-electron chi connectivity index (χ3n) is 7.00. The molecular weight excluding hydrogens is 363 g/mol. The van der Waals surface area contributed by atoms with E-state index in [4.69, 9.17) is 0 Å². The highest BCUT2D eigenvalue weighted by Gasteiger charge is 2.33. The minimum absolute atomic E-state index is 0. The van der Waals surface area contributed by atoms with Gasteiger partial charge in [-0.1, -0.05) is 19.3 Å². The summed E-state index contributed by atoms with van der Waals surface area (Å²) in [5, 5.41) is 3.54. The van der Waals surface area contributed by atoms with E-state index in [0.717, 1.165) is 19.0 Å². The van der Waals surface area contributed by atoms with Crippen LogP contribution < -0.4 is 5.32 Å². The molecule has 1 saturated heterocycles. The molecule has 1 atom stereocenters. The van der Waals surface area contributed by atoms with E-state index in [1.807, 2.05) is 0 Å². The van der Waals surface area contributed by atoms with E-state index in [0.29, 0.717) is 6.04 Å².